The number of fused-ring (bicyclic) bond motifs is 5. The molecular formula is C35H52N2O6. The molecule has 0 unspecified atom stereocenters. The molecule has 5 rings (SSSR count). The van der Waals surface area contributed by atoms with E-state index >= 15 is 0 Å². The zero-order valence-electron chi connectivity index (χ0n) is 27.1. The van der Waals surface area contributed by atoms with Gasteiger partial charge in [0.2, 0.25) is 0 Å². The highest BCUT2D eigenvalue weighted by molar-refractivity contribution is 5.91. The monoisotopic (exact) mass is 596 g/mol. The van der Waals surface area contributed by atoms with Crippen LogP contribution in [0.5, 0.6) is 0 Å². The highest BCUT2D eigenvalue weighted by Gasteiger charge is 2.60. The number of nitro benzene ring substituents is 2. The Balaban J connectivity index is 1.23. The maximum atomic E-state index is 13.0. The maximum Gasteiger partial charge on any atom is 0.338 e. The van der Waals surface area contributed by atoms with Crippen molar-refractivity contribution in [2.75, 3.05) is 0 Å². The highest BCUT2D eigenvalue weighted by Crippen LogP contribution is 2.68. The molecule has 0 aromatic heterocycles. The van der Waals surface area contributed by atoms with Gasteiger partial charge >= 0.3 is 5.97 Å². The van der Waals surface area contributed by atoms with Gasteiger partial charge in [0.1, 0.15) is 6.10 Å². The van der Waals surface area contributed by atoms with Gasteiger partial charge in [-0.15, -0.1) is 0 Å². The summed E-state index contributed by atoms with van der Waals surface area (Å²) in [7, 11) is 0. The molecule has 238 valence electrons. The van der Waals surface area contributed by atoms with Crippen LogP contribution in [-0.2, 0) is 4.74 Å². The SMILES string of the molecule is CC(C)[C@@H](C)CC[C@@H](C)[C@@H]1CC[C@@H]2[C@@H]3CC[C@H]4C[C@H](OC(=O)c5cc([N+](=O)[O-])cc([N+](=O)[O-])c5)CC[C@@]4(C)[C@H]3CC[C@@]21C. The van der Waals surface area contributed by atoms with Crippen molar-refractivity contribution in [2.45, 2.75) is 118 Å². The second-order valence-corrected chi connectivity index (χ2v) is 15.7. The lowest BCUT2D eigenvalue weighted by Gasteiger charge is -2.61. The molecule has 0 spiro atoms. The first-order valence-electron chi connectivity index (χ1n) is 16.9. The van der Waals surface area contributed by atoms with Crippen molar-refractivity contribution in [1.29, 1.82) is 0 Å². The van der Waals surface area contributed by atoms with Crippen LogP contribution in [0.3, 0.4) is 0 Å². The Morgan fingerprint density at radius 1 is 0.860 bits per heavy atom. The summed E-state index contributed by atoms with van der Waals surface area (Å²) in [6.45, 7) is 14.8. The van der Waals surface area contributed by atoms with E-state index in [2.05, 4.69) is 41.5 Å². The van der Waals surface area contributed by atoms with Crippen LogP contribution < -0.4 is 0 Å². The molecule has 8 nitrogen and oxygen atoms in total. The fourth-order valence-corrected chi connectivity index (χ4v) is 10.5. The minimum Gasteiger partial charge on any atom is -0.459 e. The van der Waals surface area contributed by atoms with Crippen molar-refractivity contribution in [2.24, 2.45) is 58.2 Å². The molecule has 4 aliphatic rings. The van der Waals surface area contributed by atoms with Crippen molar-refractivity contribution in [1.82, 2.24) is 0 Å². The number of esters is 1. The predicted molar refractivity (Wildman–Crippen MR) is 167 cm³/mol. The Morgan fingerprint density at radius 2 is 1.49 bits per heavy atom. The van der Waals surface area contributed by atoms with Crippen molar-refractivity contribution in [3.8, 4) is 0 Å². The van der Waals surface area contributed by atoms with Gasteiger partial charge < -0.3 is 4.74 Å². The minimum absolute atomic E-state index is 0.131. The van der Waals surface area contributed by atoms with E-state index in [9.17, 15) is 25.0 Å². The lowest BCUT2D eigenvalue weighted by molar-refractivity contribution is -0.394. The van der Waals surface area contributed by atoms with E-state index in [-0.39, 0.29) is 17.1 Å². The van der Waals surface area contributed by atoms with Gasteiger partial charge in [0.05, 0.1) is 21.5 Å². The van der Waals surface area contributed by atoms with E-state index in [0.717, 1.165) is 85.3 Å². The summed E-state index contributed by atoms with van der Waals surface area (Å²) in [6, 6.07) is 3.03. The normalized spacial score (nSPS) is 36.6. The van der Waals surface area contributed by atoms with Crippen LogP contribution in [0.2, 0.25) is 0 Å². The molecule has 1 aromatic carbocycles. The van der Waals surface area contributed by atoms with Gasteiger partial charge in [-0.25, -0.2) is 4.79 Å². The van der Waals surface area contributed by atoms with E-state index in [1.54, 1.807) is 0 Å². The molecule has 0 aliphatic heterocycles. The zero-order valence-corrected chi connectivity index (χ0v) is 27.1. The molecule has 0 N–H and O–H groups in total. The van der Waals surface area contributed by atoms with Crippen LogP contribution in [0.25, 0.3) is 0 Å². The van der Waals surface area contributed by atoms with Gasteiger partial charge in [-0.3, -0.25) is 20.2 Å². The standard InChI is InChI=1S/C35H52N2O6/c1-21(2)22(3)7-8-23(4)30-11-12-31-29-10-9-25-19-28(13-15-34(25,5)32(29)14-16-35(30,31)6)43-33(38)24-17-26(36(39)40)20-27(18-24)37(41)42/h17-18,20-23,25,28-32H,7-16,19H2,1-6H3/t22-,23+,25-,28+,29-,30-,31+,32-,34+,35+/m0/s1. The van der Waals surface area contributed by atoms with E-state index in [1.807, 2.05) is 0 Å². The summed E-state index contributed by atoms with van der Waals surface area (Å²) >= 11 is 0. The molecular weight excluding hydrogens is 544 g/mol. The molecule has 0 saturated heterocycles. The van der Waals surface area contributed by atoms with Crippen LogP contribution in [0, 0.1) is 78.4 Å². The third-order valence-electron chi connectivity index (χ3n) is 13.4. The molecule has 4 aliphatic carbocycles. The van der Waals surface area contributed by atoms with Crippen LogP contribution in [-0.4, -0.2) is 21.9 Å². The Morgan fingerprint density at radius 3 is 2.12 bits per heavy atom. The van der Waals surface area contributed by atoms with Gasteiger partial charge in [0.15, 0.2) is 0 Å². The number of carbonyl (C=O) groups is 1. The highest BCUT2D eigenvalue weighted by atomic mass is 16.6. The Bertz CT molecular complexity index is 1200. The van der Waals surface area contributed by atoms with Crippen LogP contribution >= 0.6 is 0 Å². The number of benzene rings is 1. The number of nitro groups is 2. The fraction of sp³-hybridized carbons (Fsp3) is 0.800. The van der Waals surface area contributed by atoms with Crippen LogP contribution in [0.15, 0.2) is 18.2 Å². The first-order chi connectivity index (χ1) is 20.2. The average molecular weight is 597 g/mol. The number of non-ortho nitro benzene ring substituents is 2. The van der Waals surface area contributed by atoms with E-state index in [4.69, 9.17) is 4.74 Å². The first kappa shape index (κ1) is 31.9. The summed E-state index contributed by atoms with van der Waals surface area (Å²) in [5.41, 5.74) is -0.387. The largest absolute Gasteiger partial charge is 0.459 e. The van der Waals surface area contributed by atoms with Gasteiger partial charge in [-0.05, 0) is 116 Å². The third kappa shape index (κ3) is 5.96. The summed E-state index contributed by atoms with van der Waals surface area (Å²) in [6.07, 6.45) is 12.8. The number of hydrogen-bond donors (Lipinski definition) is 0. The van der Waals surface area contributed by atoms with Gasteiger partial charge in [-0.1, -0.05) is 54.4 Å². The van der Waals surface area contributed by atoms with Crippen molar-refractivity contribution in [3.05, 3.63) is 44.0 Å². The Labute approximate surface area is 257 Å². The molecule has 0 bridgehead atoms. The smallest absolute Gasteiger partial charge is 0.338 e. The summed E-state index contributed by atoms with van der Waals surface area (Å²) in [4.78, 5) is 34.2. The number of rotatable bonds is 9. The van der Waals surface area contributed by atoms with Crippen molar-refractivity contribution in [3.63, 3.8) is 0 Å². The molecule has 4 saturated carbocycles. The quantitative estimate of drug-likeness (QED) is 0.159. The van der Waals surface area contributed by atoms with Gasteiger partial charge in [-0.2, -0.15) is 0 Å². The second kappa shape index (κ2) is 12.1. The zero-order chi connectivity index (χ0) is 31.3. The number of nitrogens with zero attached hydrogens (tertiary/aromatic N) is 2. The molecule has 43 heavy (non-hydrogen) atoms. The maximum absolute atomic E-state index is 13.0. The van der Waals surface area contributed by atoms with Gasteiger partial charge in [0, 0.05) is 12.1 Å². The van der Waals surface area contributed by atoms with Crippen molar-refractivity contribution >= 4 is 17.3 Å². The Kier molecular flexibility index (Phi) is 8.99. The molecule has 10 atom stereocenters. The van der Waals surface area contributed by atoms with E-state index in [1.165, 1.54) is 44.9 Å². The molecule has 0 amide bonds. The topological polar surface area (TPSA) is 113 Å². The minimum atomic E-state index is -0.718. The van der Waals surface area contributed by atoms with Crippen LogP contribution in [0.4, 0.5) is 11.4 Å². The fourth-order valence-electron chi connectivity index (χ4n) is 10.5. The predicted octanol–water partition coefficient (Wildman–Crippen LogP) is 9.40. The lowest BCUT2D eigenvalue weighted by atomic mass is 9.44. The number of ether oxygens (including phenoxy) is 1. The molecule has 1 aromatic rings. The summed E-state index contributed by atoms with van der Waals surface area (Å²) in [5, 5.41) is 22.6. The van der Waals surface area contributed by atoms with Crippen molar-refractivity contribution < 1.29 is 19.4 Å². The third-order valence-corrected chi connectivity index (χ3v) is 13.4. The van der Waals surface area contributed by atoms with E-state index < -0.39 is 27.2 Å². The van der Waals surface area contributed by atoms with Crippen LogP contribution in [0.1, 0.15) is 123 Å². The molecule has 0 radical (unpaired) electrons. The summed E-state index contributed by atoms with van der Waals surface area (Å²) in [5.74, 6) is 5.27. The van der Waals surface area contributed by atoms with Gasteiger partial charge in [0.25, 0.3) is 11.4 Å². The Hall–Kier alpha value is -2.51. The van der Waals surface area contributed by atoms with E-state index in [0.29, 0.717) is 11.3 Å². The number of carbonyl (C=O) groups excluding carboxylic acids is 1. The summed E-state index contributed by atoms with van der Waals surface area (Å²) < 4.78 is 5.87. The second-order valence-electron chi connectivity index (χ2n) is 15.7. The lowest BCUT2D eigenvalue weighted by Crippen LogP contribution is -2.54. The molecule has 4 fully saturated rings. The molecule has 8 heteroatoms. The average Bonchev–Trinajstić information content (AvgIpc) is 3.32. The number of hydrogen-bond acceptors (Lipinski definition) is 6. The molecule has 0 heterocycles. The first-order valence-corrected chi connectivity index (χ1v) is 16.9.